The van der Waals surface area contributed by atoms with Crippen LogP contribution in [0.4, 0.5) is 0 Å². The molecule has 0 aliphatic carbocycles. The molecule has 0 aliphatic heterocycles. The number of benzene rings is 2. The minimum absolute atomic E-state index is 0.0706. The van der Waals surface area contributed by atoms with E-state index >= 15 is 0 Å². The minimum Gasteiger partial charge on any atom is -0.506 e. The number of hydrogen-bond acceptors (Lipinski definition) is 6. The zero-order chi connectivity index (χ0) is 18.8. The summed E-state index contributed by atoms with van der Waals surface area (Å²) in [4.78, 5) is 28.0. The van der Waals surface area contributed by atoms with Crippen molar-refractivity contribution < 1.29 is 24.1 Å². The van der Waals surface area contributed by atoms with Gasteiger partial charge in [0.1, 0.15) is 17.1 Å². The van der Waals surface area contributed by atoms with Gasteiger partial charge in [0, 0.05) is 11.5 Å². The molecule has 0 radical (unpaired) electrons. The summed E-state index contributed by atoms with van der Waals surface area (Å²) in [5.41, 5.74) is -0.552. The number of nitrogens with one attached hydrogen (secondary N) is 1. The number of pyridine rings is 1. The van der Waals surface area contributed by atoms with Gasteiger partial charge in [0.2, 0.25) is 5.78 Å². The monoisotopic (exact) mass is 355 g/mol. The van der Waals surface area contributed by atoms with Crippen LogP contribution in [-0.2, 0) is 0 Å². The van der Waals surface area contributed by atoms with Crippen LogP contribution in [0.15, 0.2) is 41.2 Å². The van der Waals surface area contributed by atoms with Crippen LogP contribution in [0.1, 0.15) is 15.9 Å². The Morgan fingerprint density at radius 1 is 0.962 bits per heavy atom. The molecule has 2 N–H and O–H groups in total. The number of methoxy groups -OCH3 is 3. The van der Waals surface area contributed by atoms with Crippen molar-refractivity contribution in [2.45, 2.75) is 0 Å². The van der Waals surface area contributed by atoms with Gasteiger partial charge in [-0.25, -0.2) is 0 Å². The number of carbonyl (C=O) groups excluding carboxylic acids is 1. The van der Waals surface area contributed by atoms with Gasteiger partial charge in [-0.3, -0.25) is 9.59 Å². The average Bonchev–Trinajstić information content (AvgIpc) is 2.66. The maximum atomic E-state index is 13.0. The van der Waals surface area contributed by atoms with E-state index in [0.29, 0.717) is 22.4 Å². The summed E-state index contributed by atoms with van der Waals surface area (Å²) in [6.07, 6.45) is 0. The van der Waals surface area contributed by atoms with Crippen molar-refractivity contribution in [2.75, 3.05) is 21.3 Å². The topological polar surface area (TPSA) is 97.9 Å². The fourth-order valence-electron chi connectivity index (χ4n) is 2.78. The van der Waals surface area contributed by atoms with Gasteiger partial charge in [-0.1, -0.05) is 12.1 Å². The number of fused-ring (bicyclic) bond motifs is 1. The van der Waals surface area contributed by atoms with Crippen molar-refractivity contribution >= 4 is 16.7 Å². The SMILES string of the molecule is COc1cc(OC)c(C(=O)c2c(O)c3ccccc3[nH]c2=O)cc1OC. The van der Waals surface area contributed by atoms with E-state index in [1.807, 2.05) is 0 Å². The molecule has 0 fully saturated rings. The van der Waals surface area contributed by atoms with Crippen molar-refractivity contribution in [2.24, 2.45) is 0 Å². The Morgan fingerprint density at radius 2 is 1.58 bits per heavy atom. The molecule has 1 aromatic heterocycles. The van der Waals surface area contributed by atoms with E-state index in [0.717, 1.165) is 0 Å². The Kier molecular flexibility index (Phi) is 4.53. The molecule has 2 aromatic carbocycles. The number of aromatic hydroxyl groups is 1. The van der Waals surface area contributed by atoms with Crippen LogP contribution in [0, 0.1) is 0 Å². The lowest BCUT2D eigenvalue weighted by Gasteiger charge is -2.14. The number of carbonyl (C=O) groups is 1. The van der Waals surface area contributed by atoms with E-state index in [4.69, 9.17) is 14.2 Å². The highest BCUT2D eigenvalue weighted by atomic mass is 16.5. The lowest BCUT2D eigenvalue weighted by molar-refractivity contribution is 0.103. The molecule has 0 unspecified atom stereocenters. The van der Waals surface area contributed by atoms with Gasteiger partial charge < -0.3 is 24.3 Å². The Labute approximate surface area is 148 Å². The number of aromatic amines is 1. The maximum Gasteiger partial charge on any atom is 0.263 e. The van der Waals surface area contributed by atoms with Crippen molar-refractivity contribution in [3.8, 4) is 23.0 Å². The number of H-pyrrole nitrogens is 1. The van der Waals surface area contributed by atoms with Crippen molar-refractivity contribution in [1.82, 2.24) is 4.98 Å². The highest BCUT2D eigenvalue weighted by Crippen LogP contribution is 2.36. The van der Waals surface area contributed by atoms with Crippen LogP contribution in [0.2, 0.25) is 0 Å². The van der Waals surface area contributed by atoms with E-state index in [-0.39, 0.29) is 22.6 Å². The second-order valence-corrected chi connectivity index (χ2v) is 5.46. The molecule has 26 heavy (non-hydrogen) atoms. The molecule has 1 heterocycles. The van der Waals surface area contributed by atoms with Gasteiger partial charge in [-0.15, -0.1) is 0 Å². The number of para-hydroxylation sites is 1. The summed E-state index contributed by atoms with van der Waals surface area (Å²) in [6, 6.07) is 9.57. The van der Waals surface area contributed by atoms with E-state index in [1.54, 1.807) is 24.3 Å². The van der Waals surface area contributed by atoms with Gasteiger partial charge in [0.25, 0.3) is 5.56 Å². The zero-order valence-corrected chi connectivity index (χ0v) is 14.5. The largest absolute Gasteiger partial charge is 0.506 e. The van der Waals surface area contributed by atoms with E-state index in [9.17, 15) is 14.7 Å². The molecule has 0 saturated heterocycles. The maximum absolute atomic E-state index is 13.0. The van der Waals surface area contributed by atoms with Crippen LogP contribution in [-0.4, -0.2) is 37.2 Å². The summed E-state index contributed by atoms with van der Waals surface area (Å²) in [5.74, 6) is -0.205. The molecule has 134 valence electrons. The van der Waals surface area contributed by atoms with Crippen LogP contribution in [0.5, 0.6) is 23.0 Å². The molecule has 7 nitrogen and oxygen atoms in total. The number of rotatable bonds is 5. The summed E-state index contributed by atoms with van der Waals surface area (Å²) in [5, 5.41) is 10.9. The van der Waals surface area contributed by atoms with Crippen LogP contribution >= 0.6 is 0 Å². The second kappa shape index (κ2) is 6.79. The summed E-state index contributed by atoms with van der Waals surface area (Å²) >= 11 is 0. The predicted octanol–water partition coefficient (Wildman–Crippen LogP) is 2.49. The van der Waals surface area contributed by atoms with Crippen LogP contribution in [0.3, 0.4) is 0 Å². The number of hydrogen-bond donors (Lipinski definition) is 2. The average molecular weight is 355 g/mol. The molecule has 0 spiro atoms. The van der Waals surface area contributed by atoms with Gasteiger partial charge in [0.05, 0.1) is 32.4 Å². The van der Waals surface area contributed by atoms with Crippen LogP contribution < -0.4 is 19.8 Å². The van der Waals surface area contributed by atoms with E-state index in [1.165, 1.54) is 33.5 Å². The summed E-state index contributed by atoms with van der Waals surface area (Å²) < 4.78 is 15.6. The molecule has 0 amide bonds. The Morgan fingerprint density at radius 3 is 2.23 bits per heavy atom. The molecule has 0 bridgehead atoms. The highest BCUT2D eigenvalue weighted by Gasteiger charge is 2.25. The smallest absolute Gasteiger partial charge is 0.263 e. The first kappa shape index (κ1) is 17.3. The molecule has 0 saturated carbocycles. The standard InChI is InChI=1S/C19H17NO6/c1-24-13-9-15(26-3)14(25-2)8-11(13)18(22)16-17(21)10-6-4-5-7-12(10)20-19(16)23/h4-9H,1-3H3,(H2,20,21,23). The molecular formula is C19H17NO6. The molecule has 0 atom stereocenters. The third kappa shape index (κ3) is 2.73. The fraction of sp³-hybridized carbons (Fsp3) is 0.158. The zero-order valence-electron chi connectivity index (χ0n) is 14.5. The third-order valence-electron chi connectivity index (χ3n) is 4.07. The van der Waals surface area contributed by atoms with Crippen LogP contribution in [0.25, 0.3) is 10.9 Å². The van der Waals surface area contributed by atoms with Crippen molar-refractivity contribution in [1.29, 1.82) is 0 Å². The molecular weight excluding hydrogens is 338 g/mol. The molecule has 7 heteroatoms. The minimum atomic E-state index is -0.692. The summed E-state index contributed by atoms with van der Waals surface area (Å²) in [6.45, 7) is 0. The lowest BCUT2D eigenvalue weighted by Crippen LogP contribution is -2.19. The highest BCUT2D eigenvalue weighted by molar-refractivity contribution is 6.14. The Balaban J connectivity index is 2.25. The second-order valence-electron chi connectivity index (χ2n) is 5.46. The molecule has 0 aliphatic rings. The third-order valence-corrected chi connectivity index (χ3v) is 4.07. The summed E-state index contributed by atoms with van der Waals surface area (Å²) in [7, 11) is 4.28. The number of aromatic nitrogens is 1. The first-order chi connectivity index (χ1) is 12.5. The van der Waals surface area contributed by atoms with Gasteiger partial charge in [-0.05, 0) is 18.2 Å². The molecule has 3 aromatic rings. The molecule has 3 rings (SSSR count). The Hall–Kier alpha value is -3.48. The predicted molar refractivity (Wildman–Crippen MR) is 95.8 cm³/mol. The van der Waals surface area contributed by atoms with Gasteiger partial charge in [-0.2, -0.15) is 0 Å². The number of ketones is 1. The van der Waals surface area contributed by atoms with Gasteiger partial charge >= 0.3 is 0 Å². The van der Waals surface area contributed by atoms with Gasteiger partial charge in [0.15, 0.2) is 11.5 Å². The van der Waals surface area contributed by atoms with Crippen molar-refractivity contribution in [3.63, 3.8) is 0 Å². The first-order valence-electron chi connectivity index (χ1n) is 7.70. The van der Waals surface area contributed by atoms with Crippen molar-refractivity contribution in [3.05, 3.63) is 57.9 Å². The normalized spacial score (nSPS) is 10.6. The first-order valence-corrected chi connectivity index (χ1v) is 7.70. The van der Waals surface area contributed by atoms with E-state index < -0.39 is 11.3 Å². The Bertz CT molecular complexity index is 1050. The fourth-order valence-corrected chi connectivity index (χ4v) is 2.78. The quantitative estimate of drug-likeness (QED) is 0.683. The lowest BCUT2D eigenvalue weighted by atomic mass is 10.00. The number of ether oxygens (including phenoxy) is 3. The van der Waals surface area contributed by atoms with E-state index in [2.05, 4.69) is 4.98 Å².